The number of nitrogens with two attached hydrogens (primary N) is 1. The highest BCUT2D eigenvalue weighted by atomic mass is 15.1. The summed E-state index contributed by atoms with van der Waals surface area (Å²) in [5.74, 6) is 0.758. The predicted octanol–water partition coefficient (Wildman–Crippen LogP) is 2.80. The smallest absolute Gasteiger partial charge is 0.0442 e. The Kier molecular flexibility index (Phi) is 5.98. The van der Waals surface area contributed by atoms with Crippen LogP contribution in [0.4, 0.5) is 5.69 Å². The van der Waals surface area contributed by atoms with Crippen LogP contribution in [0.5, 0.6) is 0 Å². The van der Waals surface area contributed by atoms with Crippen molar-refractivity contribution >= 4 is 5.69 Å². The summed E-state index contributed by atoms with van der Waals surface area (Å²) in [7, 11) is 0. The van der Waals surface area contributed by atoms with E-state index in [0.717, 1.165) is 24.6 Å². The molecule has 0 saturated heterocycles. The fourth-order valence-electron chi connectivity index (χ4n) is 2.14. The van der Waals surface area contributed by atoms with Crippen LogP contribution in [0.1, 0.15) is 39.2 Å². The van der Waals surface area contributed by atoms with Crippen LogP contribution < -0.4 is 10.6 Å². The second-order valence-corrected chi connectivity index (χ2v) is 4.43. The Bertz CT molecular complexity index is 321. The third-order valence-corrected chi connectivity index (χ3v) is 3.45. The average molecular weight is 235 g/mol. The molecular formula is C14H25N3. The molecule has 1 aromatic heterocycles. The Morgan fingerprint density at radius 2 is 2.00 bits per heavy atom. The van der Waals surface area contributed by atoms with Gasteiger partial charge in [-0.1, -0.05) is 26.7 Å². The number of anilines is 1. The van der Waals surface area contributed by atoms with Crippen LogP contribution in [-0.4, -0.2) is 18.1 Å². The van der Waals surface area contributed by atoms with Gasteiger partial charge in [0.05, 0.1) is 0 Å². The van der Waals surface area contributed by atoms with E-state index in [9.17, 15) is 0 Å². The fraction of sp³-hybridized carbons (Fsp3) is 0.643. The van der Waals surface area contributed by atoms with Gasteiger partial charge in [-0.2, -0.15) is 0 Å². The van der Waals surface area contributed by atoms with Gasteiger partial charge < -0.3 is 10.6 Å². The van der Waals surface area contributed by atoms with E-state index in [4.69, 9.17) is 5.73 Å². The van der Waals surface area contributed by atoms with Gasteiger partial charge in [0, 0.05) is 43.3 Å². The van der Waals surface area contributed by atoms with E-state index in [1.54, 1.807) is 0 Å². The molecule has 0 aliphatic heterocycles. The molecule has 0 fully saturated rings. The first-order valence-corrected chi connectivity index (χ1v) is 6.64. The van der Waals surface area contributed by atoms with Crippen molar-refractivity contribution in [2.75, 3.05) is 18.0 Å². The largest absolute Gasteiger partial charge is 0.371 e. The minimum atomic E-state index is 0.558. The number of rotatable bonds is 7. The maximum Gasteiger partial charge on any atom is 0.0442 e. The first-order valence-electron chi connectivity index (χ1n) is 6.64. The molecule has 1 rings (SSSR count). The van der Waals surface area contributed by atoms with E-state index < -0.39 is 0 Å². The van der Waals surface area contributed by atoms with Gasteiger partial charge in [0.15, 0.2) is 0 Å². The molecule has 0 aromatic carbocycles. The topological polar surface area (TPSA) is 42.2 Å². The predicted molar refractivity (Wildman–Crippen MR) is 74.1 cm³/mol. The zero-order chi connectivity index (χ0) is 12.7. The Hall–Kier alpha value is -1.09. The molecule has 1 heterocycles. The molecule has 0 aliphatic carbocycles. The Labute approximate surface area is 105 Å². The summed E-state index contributed by atoms with van der Waals surface area (Å²) in [5.41, 5.74) is 8.16. The highest BCUT2D eigenvalue weighted by molar-refractivity contribution is 5.52. The molecule has 0 saturated carbocycles. The van der Waals surface area contributed by atoms with Crippen molar-refractivity contribution in [2.45, 2.75) is 40.2 Å². The molecule has 17 heavy (non-hydrogen) atoms. The summed E-state index contributed by atoms with van der Waals surface area (Å²) < 4.78 is 0. The van der Waals surface area contributed by atoms with E-state index >= 15 is 0 Å². The van der Waals surface area contributed by atoms with Crippen LogP contribution in [0, 0.1) is 5.92 Å². The summed E-state index contributed by atoms with van der Waals surface area (Å²) in [4.78, 5) is 6.56. The second kappa shape index (κ2) is 7.28. The van der Waals surface area contributed by atoms with Crippen LogP contribution >= 0.6 is 0 Å². The minimum Gasteiger partial charge on any atom is -0.371 e. The fourth-order valence-corrected chi connectivity index (χ4v) is 2.14. The zero-order valence-electron chi connectivity index (χ0n) is 11.3. The summed E-state index contributed by atoms with van der Waals surface area (Å²) in [6, 6.07) is 2.08. The standard InChI is InChI=1S/C14H25N3/c1-4-12(5-2)11-17(6-3)14-7-8-16-10-13(14)9-15/h7-8,10,12H,4-6,9,11,15H2,1-3H3. The maximum atomic E-state index is 5.77. The molecule has 0 amide bonds. The molecule has 0 unspecified atom stereocenters. The van der Waals surface area contributed by atoms with Gasteiger partial charge in [0.1, 0.15) is 0 Å². The molecule has 3 nitrogen and oxygen atoms in total. The molecule has 2 N–H and O–H groups in total. The zero-order valence-corrected chi connectivity index (χ0v) is 11.3. The molecule has 3 heteroatoms. The van der Waals surface area contributed by atoms with Crippen molar-refractivity contribution in [3.8, 4) is 0 Å². The average Bonchev–Trinajstić information content (AvgIpc) is 2.40. The molecular weight excluding hydrogens is 210 g/mol. The maximum absolute atomic E-state index is 5.77. The van der Waals surface area contributed by atoms with E-state index in [-0.39, 0.29) is 0 Å². The summed E-state index contributed by atoms with van der Waals surface area (Å²) in [6.45, 7) is 9.41. The lowest BCUT2D eigenvalue weighted by Crippen LogP contribution is -2.30. The second-order valence-electron chi connectivity index (χ2n) is 4.43. The summed E-state index contributed by atoms with van der Waals surface area (Å²) in [5, 5.41) is 0. The van der Waals surface area contributed by atoms with Crippen molar-refractivity contribution in [1.29, 1.82) is 0 Å². The molecule has 1 aromatic rings. The van der Waals surface area contributed by atoms with Gasteiger partial charge in [-0.3, -0.25) is 4.98 Å². The normalized spacial score (nSPS) is 10.9. The van der Waals surface area contributed by atoms with Gasteiger partial charge in [0.2, 0.25) is 0 Å². The monoisotopic (exact) mass is 235 g/mol. The van der Waals surface area contributed by atoms with E-state index in [1.165, 1.54) is 18.5 Å². The van der Waals surface area contributed by atoms with E-state index in [1.807, 2.05) is 12.4 Å². The van der Waals surface area contributed by atoms with Crippen LogP contribution in [0.3, 0.4) is 0 Å². The van der Waals surface area contributed by atoms with Gasteiger partial charge >= 0.3 is 0 Å². The van der Waals surface area contributed by atoms with Crippen molar-refractivity contribution in [3.05, 3.63) is 24.0 Å². The van der Waals surface area contributed by atoms with Crippen LogP contribution in [0.2, 0.25) is 0 Å². The van der Waals surface area contributed by atoms with Crippen molar-refractivity contribution in [3.63, 3.8) is 0 Å². The van der Waals surface area contributed by atoms with Crippen molar-refractivity contribution in [2.24, 2.45) is 11.7 Å². The molecule has 0 radical (unpaired) electrons. The highest BCUT2D eigenvalue weighted by Crippen LogP contribution is 2.21. The third-order valence-electron chi connectivity index (χ3n) is 3.45. The van der Waals surface area contributed by atoms with E-state index in [2.05, 4.69) is 36.7 Å². The number of hydrogen-bond donors (Lipinski definition) is 1. The minimum absolute atomic E-state index is 0.558. The van der Waals surface area contributed by atoms with Gasteiger partial charge in [0.25, 0.3) is 0 Å². The van der Waals surface area contributed by atoms with Crippen molar-refractivity contribution < 1.29 is 0 Å². The SMILES string of the molecule is CCC(CC)CN(CC)c1ccncc1CN. The lowest BCUT2D eigenvalue weighted by Gasteiger charge is -2.29. The highest BCUT2D eigenvalue weighted by Gasteiger charge is 2.13. The van der Waals surface area contributed by atoms with Gasteiger partial charge in [-0.15, -0.1) is 0 Å². The first-order chi connectivity index (χ1) is 8.26. The Morgan fingerprint density at radius 1 is 1.29 bits per heavy atom. The molecule has 0 spiro atoms. The Morgan fingerprint density at radius 3 is 2.53 bits per heavy atom. The number of nitrogens with zero attached hydrogens (tertiary/aromatic N) is 2. The van der Waals surface area contributed by atoms with E-state index in [0.29, 0.717) is 6.54 Å². The number of hydrogen-bond acceptors (Lipinski definition) is 3. The van der Waals surface area contributed by atoms with Crippen molar-refractivity contribution in [1.82, 2.24) is 4.98 Å². The summed E-state index contributed by atoms with van der Waals surface area (Å²) in [6.07, 6.45) is 6.20. The molecule has 0 atom stereocenters. The quantitative estimate of drug-likeness (QED) is 0.790. The van der Waals surface area contributed by atoms with Crippen LogP contribution in [0.25, 0.3) is 0 Å². The molecule has 0 bridgehead atoms. The summed E-state index contributed by atoms with van der Waals surface area (Å²) >= 11 is 0. The first kappa shape index (κ1) is 14.0. The number of pyridine rings is 1. The van der Waals surface area contributed by atoms with Crippen LogP contribution in [-0.2, 0) is 6.54 Å². The number of aromatic nitrogens is 1. The van der Waals surface area contributed by atoms with Gasteiger partial charge in [-0.05, 0) is 18.9 Å². The lowest BCUT2D eigenvalue weighted by molar-refractivity contribution is 0.485. The Balaban J connectivity index is 2.85. The van der Waals surface area contributed by atoms with Crippen LogP contribution in [0.15, 0.2) is 18.5 Å². The van der Waals surface area contributed by atoms with Gasteiger partial charge in [-0.25, -0.2) is 0 Å². The molecule has 0 aliphatic rings. The lowest BCUT2D eigenvalue weighted by atomic mass is 10.0. The third kappa shape index (κ3) is 3.70. The molecule has 96 valence electrons.